The highest BCUT2D eigenvalue weighted by Gasteiger charge is 2.20. The first kappa shape index (κ1) is 18.0. The molecule has 0 amide bonds. The Morgan fingerprint density at radius 2 is 2.08 bits per heavy atom. The zero-order chi connectivity index (χ0) is 18.6. The molecule has 10 heteroatoms. The maximum atomic E-state index is 12.0. The summed E-state index contributed by atoms with van der Waals surface area (Å²) in [5.74, 6) is 0.223. The van der Waals surface area contributed by atoms with Gasteiger partial charge in [-0.2, -0.15) is 5.10 Å². The van der Waals surface area contributed by atoms with Gasteiger partial charge in [-0.15, -0.1) is 10.2 Å². The van der Waals surface area contributed by atoms with E-state index >= 15 is 0 Å². The first-order valence-electron chi connectivity index (χ1n) is 7.31. The first-order valence-corrected chi connectivity index (χ1v) is 7.31. The van der Waals surface area contributed by atoms with Gasteiger partial charge in [0.1, 0.15) is 5.69 Å². The molecule has 0 atom stereocenters. The molecular weight excluding hydrogens is 328 g/mol. The number of nitrogens with zero attached hydrogens (tertiary/aromatic N) is 4. The van der Waals surface area contributed by atoms with E-state index in [9.17, 15) is 14.9 Å². The number of hydrogen-bond donors (Lipinski definition) is 2. The fourth-order valence-electron chi connectivity index (χ4n) is 1.98. The van der Waals surface area contributed by atoms with E-state index in [2.05, 4.69) is 25.7 Å². The molecule has 0 bridgehead atoms. The average molecular weight is 346 g/mol. The molecule has 0 saturated heterocycles. The van der Waals surface area contributed by atoms with Gasteiger partial charge in [-0.05, 0) is 12.1 Å². The van der Waals surface area contributed by atoms with Crippen molar-refractivity contribution in [3.8, 4) is 5.75 Å². The van der Waals surface area contributed by atoms with Crippen LogP contribution in [-0.2, 0) is 5.41 Å². The standard InChI is InChI=1S/C15H18N6O4/c1-15(2,3)12-13(22)17-14(20-18-12)19-16-8-9-5-6-11(25-4)10(7-9)21(23)24/h5-8H,1-4H3,(H2,17,19,20,22)/b16-8+. The van der Waals surface area contributed by atoms with Crippen molar-refractivity contribution in [1.82, 2.24) is 15.2 Å². The number of anilines is 1. The number of aromatic nitrogens is 3. The molecule has 0 unspecified atom stereocenters. The zero-order valence-corrected chi connectivity index (χ0v) is 14.2. The van der Waals surface area contributed by atoms with Crippen LogP contribution in [0.25, 0.3) is 0 Å². The van der Waals surface area contributed by atoms with Crippen LogP contribution >= 0.6 is 0 Å². The van der Waals surface area contributed by atoms with Crippen LogP contribution in [0.15, 0.2) is 28.1 Å². The van der Waals surface area contributed by atoms with Crippen LogP contribution in [0.2, 0.25) is 0 Å². The van der Waals surface area contributed by atoms with E-state index in [0.29, 0.717) is 11.3 Å². The number of ether oxygens (including phenoxy) is 1. The van der Waals surface area contributed by atoms with E-state index in [1.807, 2.05) is 20.8 Å². The molecule has 0 saturated carbocycles. The van der Waals surface area contributed by atoms with Crippen molar-refractivity contribution in [2.24, 2.45) is 5.10 Å². The van der Waals surface area contributed by atoms with Crippen molar-refractivity contribution in [3.63, 3.8) is 0 Å². The second-order valence-electron chi connectivity index (χ2n) is 6.16. The summed E-state index contributed by atoms with van der Waals surface area (Å²) in [6, 6.07) is 4.40. The van der Waals surface area contributed by atoms with Crippen LogP contribution in [0.3, 0.4) is 0 Å². The van der Waals surface area contributed by atoms with Crippen molar-refractivity contribution in [2.45, 2.75) is 26.2 Å². The Balaban J connectivity index is 2.16. The van der Waals surface area contributed by atoms with Crippen LogP contribution in [0.1, 0.15) is 32.0 Å². The first-order chi connectivity index (χ1) is 11.7. The van der Waals surface area contributed by atoms with Crippen molar-refractivity contribution in [1.29, 1.82) is 0 Å². The number of nitro benzene ring substituents is 1. The maximum absolute atomic E-state index is 12.0. The Bertz CT molecular complexity index is 869. The van der Waals surface area contributed by atoms with E-state index in [4.69, 9.17) is 4.74 Å². The minimum atomic E-state index is -0.544. The smallest absolute Gasteiger partial charge is 0.311 e. The third-order valence-electron chi connectivity index (χ3n) is 3.19. The molecule has 0 aliphatic rings. The molecule has 2 aromatic rings. The Morgan fingerprint density at radius 3 is 2.64 bits per heavy atom. The van der Waals surface area contributed by atoms with Crippen LogP contribution in [0.4, 0.5) is 11.6 Å². The molecule has 2 N–H and O–H groups in total. The second kappa shape index (κ2) is 7.07. The Kier molecular flexibility index (Phi) is 5.11. The average Bonchev–Trinajstić information content (AvgIpc) is 2.53. The predicted molar refractivity (Wildman–Crippen MR) is 92.2 cm³/mol. The topological polar surface area (TPSA) is 135 Å². The number of benzene rings is 1. The lowest BCUT2D eigenvalue weighted by Gasteiger charge is -2.15. The number of nitrogens with one attached hydrogen (secondary N) is 2. The van der Waals surface area contributed by atoms with Gasteiger partial charge < -0.3 is 4.74 Å². The summed E-state index contributed by atoms with van der Waals surface area (Å²) < 4.78 is 4.93. The zero-order valence-electron chi connectivity index (χ0n) is 14.2. The molecule has 0 aliphatic carbocycles. The van der Waals surface area contributed by atoms with E-state index in [1.54, 1.807) is 6.07 Å². The van der Waals surface area contributed by atoms with E-state index in [0.717, 1.165) is 0 Å². The number of H-pyrrole nitrogens is 1. The van der Waals surface area contributed by atoms with Gasteiger partial charge in [-0.1, -0.05) is 20.8 Å². The van der Waals surface area contributed by atoms with E-state index in [-0.39, 0.29) is 22.9 Å². The van der Waals surface area contributed by atoms with Crippen molar-refractivity contribution >= 4 is 17.9 Å². The maximum Gasteiger partial charge on any atom is 0.311 e. The summed E-state index contributed by atoms with van der Waals surface area (Å²) in [4.78, 5) is 24.9. The van der Waals surface area contributed by atoms with Crippen LogP contribution in [-0.4, -0.2) is 33.4 Å². The lowest BCUT2D eigenvalue weighted by Crippen LogP contribution is -2.28. The Morgan fingerprint density at radius 1 is 1.36 bits per heavy atom. The summed E-state index contributed by atoms with van der Waals surface area (Å²) in [7, 11) is 1.36. The van der Waals surface area contributed by atoms with Gasteiger partial charge in [-0.3, -0.25) is 19.9 Å². The SMILES string of the molecule is COc1ccc(/C=N/Nc2nnc(C(C)(C)C)c(=O)[nH]2)cc1[N+](=O)[O-]. The lowest BCUT2D eigenvalue weighted by atomic mass is 9.93. The molecule has 0 spiro atoms. The molecular formula is C15H18N6O4. The highest BCUT2D eigenvalue weighted by atomic mass is 16.6. The molecule has 132 valence electrons. The van der Waals surface area contributed by atoms with Gasteiger partial charge in [0.25, 0.3) is 5.56 Å². The van der Waals surface area contributed by atoms with Crippen molar-refractivity contribution in [3.05, 3.63) is 49.9 Å². The number of hydrogen-bond acceptors (Lipinski definition) is 8. The molecule has 1 aromatic heterocycles. The highest BCUT2D eigenvalue weighted by Crippen LogP contribution is 2.26. The number of methoxy groups -OCH3 is 1. The monoisotopic (exact) mass is 346 g/mol. The summed E-state index contributed by atoms with van der Waals surface area (Å²) in [5.41, 5.74) is 2.36. The Hall–Kier alpha value is -3.30. The predicted octanol–water partition coefficient (Wildman–Crippen LogP) is 1.83. The summed E-state index contributed by atoms with van der Waals surface area (Å²) in [6.07, 6.45) is 1.35. The van der Waals surface area contributed by atoms with Crippen LogP contribution in [0, 0.1) is 10.1 Å². The number of hydrazone groups is 1. The third kappa shape index (κ3) is 4.37. The van der Waals surface area contributed by atoms with E-state index < -0.39 is 10.3 Å². The quantitative estimate of drug-likeness (QED) is 0.479. The number of aromatic amines is 1. The van der Waals surface area contributed by atoms with Gasteiger partial charge >= 0.3 is 5.69 Å². The van der Waals surface area contributed by atoms with E-state index in [1.165, 1.54) is 25.5 Å². The van der Waals surface area contributed by atoms with Crippen molar-refractivity contribution < 1.29 is 9.66 Å². The van der Waals surface area contributed by atoms with Gasteiger partial charge in [0.2, 0.25) is 5.95 Å². The van der Waals surface area contributed by atoms with Gasteiger partial charge in [0, 0.05) is 17.0 Å². The fraction of sp³-hybridized carbons (Fsp3) is 0.333. The highest BCUT2D eigenvalue weighted by molar-refractivity contribution is 5.81. The van der Waals surface area contributed by atoms with Gasteiger partial charge in [0.15, 0.2) is 5.75 Å². The Labute approximate surface area is 143 Å². The van der Waals surface area contributed by atoms with Crippen LogP contribution < -0.4 is 15.7 Å². The number of nitro groups is 1. The molecule has 0 fully saturated rings. The normalized spacial score (nSPS) is 11.5. The molecule has 2 rings (SSSR count). The minimum absolute atomic E-state index is 0.0669. The minimum Gasteiger partial charge on any atom is -0.490 e. The molecule has 25 heavy (non-hydrogen) atoms. The van der Waals surface area contributed by atoms with Gasteiger partial charge in [0.05, 0.1) is 18.2 Å². The lowest BCUT2D eigenvalue weighted by molar-refractivity contribution is -0.385. The molecule has 1 heterocycles. The molecule has 0 radical (unpaired) electrons. The number of rotatable bonds is 5. The third-order valence-corrected chi connectivity index (χ3v) is 3.19. The largest absolute Gasteiger partial charge is 0.490 e. The van der Waals surface area contributed by atoms with Crippen molar-refractivity contribution in [2.75, 3.05) is 12.5 Å². The fourth-order valence-corrected chi connectivity index (χ4v) is 1.98. The molecule has 1 aromatic carbocycles. The molecule has 0 aliphatic heterocycles. The van der Waals surface area contributed by atoms with Gasteiger partial charge in [-0.25, -0.2) is 5.43 Å². The second-order valence-corrected chi connectivity index (χ2v) is 6.16. The molecule has 10 nitrogen and oxygen atoms in total. The summed E-state index contributed by atoms with van der Waals surface area (Å²) >= 11 is 0. The summed E-state index contributed by atoms with van der Waals surface area (Å²) in [5, 5.41) is 22.6. The van der Waals surface area contributed by atoms with Crippen LogP contribution in [0.5, 0.6) is 5.75 Å². The summed E-state index contributed by atoms with van der Waals surface area (Å²) in [6.45, 7) is 5.57.